The van der Waals surface area contributed by atoms with E-state index in [0.29, 0.717) is 10.8 Å². The van der Waals surface area contributed by atoms with Crippen LogP contribution in [-0.2, 0) is 7.05 Å². The smallest absolute Gasteiger partial charge is 0.129 e. The van der Waals surface area contributed by atoms with Crippen molar-refractivity contribution in [2.24, 2.45) is 7.05 Å². The number of nitrogens with zero attached hydrogens (tertiary/aromatic N) is 2. The van der Waals surface area contributed by atoms with Gasteiger partial charge in [-0.3, -0.25) is 4.68 Å². The number of halogens is 2. The SMILES string of the molecule is Cn1nc(-c2ccccc2Cl)c(-c2ccccc2Br)c1N. The van der Waals surface area contributed by atoms with E-state index in [1.165, 1.54) is 0 Å². The van der Waals surface area contributed by atoms with Crippen molar-refractivity contribution in [3.05, 3.63) is 58.0 Å². The molecule has 3 rings (SSSR count). The molecule has 0 aliphatic carbocycles. The van der Waals surface area contributed by atoms with Crippen LogP contribution < -0.4 is 5.73 Å². The van der Waals surface area contributed by atoms with Crippen LogP contribution in [0.25, 0.3) is 22.4 Å². The molecule has 1 heterocycles. The van der Waals surface area contributed by atoms with Gasteiger partial charge in [-0.25, -0.2) is 0 Å². The molecule has 0 aliphatic rings. The molecule has 2 N–H and O–H groups in total. The Morgan fingerprint density at radius 3 is 2.33 bits per heavy atom. The van der Waals surface area contributed by atoms with Crippen LogP contribution in [0, 0.1) is 0 Å². The molecule has 0 fully saturated rings. The summed E-state index contributed by atoms with van der Waals surface area (Å²) in [4.78, 5) is 0. The average molecular weight is 363 g/mol. The second-order valence-electron chi connectivity index (χ2n) is 4.69. The van der Waals surface area contributed by atoms with E-state index in [-0.39, 0.29) is 0 Å². The largest absolute Gasteiger partial charge is 0.383 e. The number of benzene rings is 2. The number of anilines is 1. The molecule has 0 atom stereocenters. The quantitative estimate of drug-likeness (QED) is 0.715. The minimum atomic E-state index is 0.608. The van der Waals surface area contributed by atoms with Crippen molar-refractivity contribution in [1.82, 2.24) is 9.78 Å². The zero-order valence-corrected chi connectivity index (χ0v) is 13.7. The molecule has 3 aromatic rings. The van der Waals surface area contributed by atoms with Crippen LogP contribution in [-0.4, -0.2) is 9.78 Å². The molecule has 106 valence electrons. The van der Waals surface area contributed by atoms with E-state index in [4.69, 9.17) is 17.3 Å². The van der Waals surface area contributed by atoms with E-state index in [1.807, 2.05) is 55.6 Å². The number of nitrogen functional groups attached to an aromatic ring is 1. The lowest BCUT2D eigenvalue weighted by molar-refractivity contribution is 0.782. The summed E-state index contributed by atoms with van der Waals surface area (Å²) in [5, 5.41) is 5.20. The van der Waals surface area contributed by atoms with Crippen molar-refractivity contribution in [3.8, 4) is 22.4 Å². The van der Waals surface area contributed by atoms with E-state index in [9.17, 15) is 0 Å². The molecule has 1 aromatic heterocycles. The van der Waals surface area contributed by atoms with Gasteiger partial charge >= 0.3 is 0 Å². The van der Waals surface area contributed by atoms with Gasteiger partial charge in [-0.05, 0) is 12.1 Å². The normalized spacial score (nSPS) is 10.8. The van der Waals surface area contributed by atoms with Crippen LogP contribution in [0.1, 0.15) is 0 Å². The molecule has 0 saturated carbocycles. The first-order chi connectivity index (χ1) is 10.1. The summed E-state index contributed by atoms with van der Waals surface area (Å²) < 4.78 is 2.64. The van der Waals surface area contributed by atoms with Crippen LogP contribution in [0.3, 0.4) is 0 Å². The molecule has 0 unspecified atom stereocenters. The van der Waals surface area contributed by atoms with Gasteiger partial charge in [0.05, 0.1) is 10.6 Å². The van der Waals surface area contributed by atoms with Gasteiger partial charge in [0.15, 0.2) is 0 Å². The first-order valence-electron chi connectivity index (χ1n) is 6.42. The van der Waals surface area contributed by atoms with E-state index in [2.05, 4.69) is 21.0 Å². The van der Waals surface area contributed by atoms with Crippen molar-refractivity contribution < 1.29 is 0 Å². The molecule has 0 amide bonds. The molecule has 5 heteroatoms. The fourth-order valence-corrected chi connectivity index (χ4v) is 3.02. The molecular weight excluding hydrogens is 350 g/mol. The third kappa shape index (κ3) is 2.45. The van der Waals surface area contributed by atoms with Gasteiger partial charge in [-0.2, -0.15) is 5.10 Å². The second kappa shape index (κ2) is 5.54. The maximum Gasteiger partial charge on any atom is 0.129 e. The minimum absolute atomic E-state index is 0.608. The summed E-state index contributed by atoms with van der Waals surface area (Å²) in [6.07, 6.45) is 0. The zero-order valence-electron chi connectivity index (χ0n) is 11.3. The van der Waals surface area contributed by atoms with Gasteiger partial charge in [0.25, 0.3) is 0 Å². The fourth-order valence-electron chi connectivity index (χ4n) is 2.31. The summed E-state index contributed by atoms with van der Waals surface area (Å²) in [5.74, 6) is 0.608. The topological polar surface area (TPSA) is 43.8 Å². The van der Waals surface area contributed by atoms with Gasteiger partial charge < -0.3 is 5.73 Å². The van der Waals surface area contributed by atoms with E-state index in [0.717, 1.165) is 26.9 Å². The maximum atomic E-state index is 6.32. The van der Waals surface area contributed by atoms with Crippen LogP contribution in [0.15, 0.2) is 53.0 Å². The van der Waals surface area contributed by atoms with E-state index in [1.54, 1.807) is 4.68 Å². The average Bonchev–Trinajstić information content (AvgIpc) is 2.76. The molecule has 0 aliphatic heterocycles. The van der Waals surface area contributed by atoms with Crippen LogP contribution in [0.4, 0.5) is 5.82 Å². The second-order valence-corrected chi connectivity index (χ2v) is 5.95. The first kappa shape index (κ1) is 14.2. The highest BCUT2D eigenvalue weighted by Crippen LogP contribution is 2.41. The Kier molecular flexibility index (Phi) is 3.74. The summed E-state index contributed by atoms with van der Waals surface area (Å²) in [7, 11) is 1.83. The lowest BCUT2D eigenvalue weighted by Crippen LogP contribution is -1.98. The Balaban J connectivity index is 2.32. The highest BCUT2D eigenvalue weighted by Gasteiger charge is 2.20. The third-order valence-electron chi connectivity index (χ3n) is 3.36. The molecule has 21 heavy (non-hydrogen) atoms. The number of aromatic nitrogens is 2. The standard InChI is InChI=1S/C16H13BrClN3/c1-21-16(19)14(10-6-2-4-8-12(10)17)15(20-21)11-7-3-5-9-13(11)18/h2-9H,19H2,1H3. The van der Waals surface area contributed by atoms with Crippen molar-refractivity contribution >= 4 is 33.3 Å². The Hall–Kier alpha value is -1.78. The summed E-state index contributed by atoms with van der Waals surface area (Å²) >= 11 is 9.89. The van der Waals surface area contributed by atoms with Crippen LogP contribution in [0.2, 0.25) is 5.02 Å². The molecule has 3 nitrogen and oxygen atoms in total. The fraction of sp³-hybridized carbons (Fsp3) is 0.0625. The highest BCUT2D eigenvalue weighted by molar-refractivity contribution is 9.10. The molecule has 0 saturated heterocycles. The first-order valence-corrected chi connectivity index (χ1v) is 7.59. The van der Waals surface area contributed by atoms with Crippen molar-refractivity contribution in [2.45, 2.75) is 0 Å². The zero-order chi connectivity index (χ0) is 15.0. The Labute approximate surface area is 136 Å². The Morgan fingerprint density at radius 2 is 1.67 bits per heavy atom. The van der Waals surface area contributed by atoms with Gasteiger partial charge in [0.2, 0.25) is 0 Å². The third-order valence-corrected chi connectivity index (χ3v) is 4.38. The molecular formula is C16H13BrClN3. The highest BCUT2D eigenvalue weighted by atomic mass is 79.9. The lowest BCUT2D eigenvalue weighted by Gasteiger charge is -2.07. The van der Waals surface area contributed by atoms with Crippen molar-refractivity contribution in [2.75, 3.05) is 5.73 Å². The predicted octanol–water partition coefficient (Wildman–Crippen LogP) is 4.75. The summed E-state index contributed by atoms with van der Waals surface area (Å²) in [5.41, 5.74) is 9.77. The number of hydrogen-bond acceptors (Lipinski definition) is 2. The molecule has 2 aromatic carbocycles. The Bertz CT molecular complexity index is 811. The van der Waals surface area contributed by atoms with Gasteiger partial charge in [-0.1, -0.05) is 63.9 Å². The van der Waals surface area contributed by atoms with Crippen LogP contribution in [0.5, 0.6) is 0 Å². The van der Waals surface area contributed by atoms with E-state index < -0.39 is 0 Å². The lowest BCUT2D eigenvalue weighted by atomic mass is 10.0. The summed E-state index contributed by atoms with van der Waals surface area (Å²) in [6.45, 7) is 0. The molecule has 0 bridgehead atoms. The molecule has 0 spiro atoms. The molecule has 0 radical (unpaired) electrons. The van der Waals surface area contributed by atoms with Crippen molar-refractivity contribution in [3.63, 3.8) is 0 Å². The predicted molar refractivity (Wildman–Crippen MR) is 91.2 cm³/mol. The van der Waals surface area contributed by atoms with Crippen molar-refractivity contribution in [1.29, 1.82) is 0 Å². The van der Waals surface area contributed by atoms with Gasteiger partial charge in [0.1, 0.15) is 11.5 Å². The van der Waals surface area contributed by atoms with Gasteiger partial charge in [-0.15, -0.1) is 0 Å². The number of rotatable bonds is 2. The van der Waals surface area contributed by atoms with Gasteiger partial charge in [0, 0.05) is 22.6 Å². The maximum absolute atomic E-state index is 6.32. The number of aryl methyl sites for hydroxylation is 1. The summed E-state index contributed by atoms with van der Waals surface area (Å²) in [6, 6.07) is 15.6. The minimum Gasteiger partial charge on any atom is -0.383 e. The van der Waals surface area contributed by atoms with E-state index >= 15 is 0 Å². The Morgan fingerprint density at radius 1 is 1.05 bits per heavy atom. The van der Waals surface area contributed by atoms with Crippen LogP contribution >= 0.6 is 27.5 Å². The monoisotopic (exact) mass is 361 g/mol. The number of hydrogen-bond donors (Lipinski definition) is 1. The number of nitrogens with two attached hydrogens (primary N) is 1.